The van der Waals surface area contributed by atoms with Gasteiger partial charge < -0.3 is 9.47 Å². The molecular formula is C28H26N2O6. The lowest BCUT2D eigenvalue weighted by atomic mass is 9.46. The van der Waals surface area contributed by atoms with Crippen LogP contribution in [0.25, 0.3) is 0 Å². The third-order valence-corrected chi connectivity index (χ3v) is 8.54. The average Bonchev–Trinajstić information content (AvgIpc) is 3.30. The van der Waals surface area contributed by atoms with E-state index in [2.05, 4.69) is 0 Å². The van der Waals surface area contributed by atoms with E-state index < -0.39 is 35.0 Å². The van der Waals surface area contributed by atoms with Gasteiger partial charge in [-0.25, -0.2) is 0 Å². The second-order valence-electron chi connectivity index (χ2n) is 10.2. The van der Waals surface area contributed by atoms with E-state index in [-0.39, 0.29) is 23.6 Å². The van der Waals surface area contributed by atoms with Crippen LogP contribution in [-0.4, -0.2) is 37.8 Å². The summed E-state index contributed by atoms with van der Waals surface area (Å²) in [5.74, 6) is -3.38. The van der Waals surface area contributed by atoms with Crippen molar-refractivity contribution in [3.05, 3.63) is 60.2 Å². The number of ether oxygens (including phenoxy) is 2. The molecule has 0 spiro atoms. The number of methoxy groups -OCH3 is 2. The number of imide groups is 2. The molecule has 3 aliphatic carbocycles. The minimum Gasteiger partial charge on any atom is -0.497 e. The minimum atomic E-state index is -0.962. The molecule has 2 heterocycles. The highest BCUT2D eigenvalue weighted by Crippen LogP contribution is 2.66. The van der Waals surface area contributed by atoms with Crippen molar-refractivity contribution in [1.82, 2.24) is 0 Å². The molecule has 2 unspecified atom stereocenters. The number of benzene rings is 2. The molecule has 4 amide bonds. The number of allylic oxidation sites excluding steroid dienone is 2. The van der Waals surface area contributed by atoms with E-state index in [0.29, 0.717) is 22.9 Å². The summed E-state index contributed by atoms with van der Waals surface area (Å²) in [5, 5.41) is 0. The topological polar surface area (TPSA) is 93.2 Å². The van der Waals surface area contributed by atoms with E-state index >= 15 is 0 Å². The van der Waals surface area contributed by atoms with Gasteiger partial charge in [0.15, 0.2) is 0 Å². The van der Waals surface area contributed by atoms with E-state index in [9.17, 15) is 19.2 Å². The first-order valence-electron chi connectivity index (χ1n) is 12.0. The van der Waals surface area contributed by atoms with E-state index in [1.54, 1.807) is 62.8 Å². The zero-order valence-electron chi connectivity index (χ0n) is 20.4. The van der Waals surface area contributed by atoms with Crippen LogP contribution in [-0.2, 0) is 19.2 Å². The second-order valence-corrected chi connectivity index (χ2v) is 10.2. The number of nitrogens with zero attached hydrogens (tertiary/aromatic N) is 2. The Morgan fingerprint density at radius 2 is 1.03 bits per heavy atom. The summed E-state index contributed by atoms with van der Waals surface area (Å²) in [4.78, 5) is 57.7. The van der Waals surface area contributed by atoms with Gasteiger partial charge in [0, 0.05) is 11.3 Å². The Hall–Kier alpha value is -3.94. The van der Waals surface area contributed by atoms with Gasteiger partial charge in [-0.05, 0) is 55.5 Å². The highest BCUT2D eigenvalue weighted by molar-refractivity contribution is 6.26. The predicted molar refractivity (Wildman–Crippen MR) is 130 cm³/mol. The molecule has 184 valence electrons. The van der Waals surface area contributed by atoms with Gasteiger partial charge in [0.25, 0.3) is 0 Å². The lowest BCUT2D eigenvalue weighted by Crippen LogP contribution is -2.57. The molecular weight excluding hydrogens is 460 g/mol. The number of carbonyl (C=O) groups excluding carboxylic acids is 4. The zero-order valence-corrected chi connectivity index (χ0v) is 20.4. The summed E-state index contributed by atoms with van der Waals surface area (Å²) < 4.78 is 10.4. The Morgan fingerprint density at radius 1 is 0.639 bits per heavy atom. The Balaban J connectivity index is 1.42. The fraction of sp³-hybridized carbons (Fsp3) is 0.357. The van der Waals surface area contributed by atoms with Crippen LogP contribution < -0.4 is 19.3 Å². The summed E-state index contributed by atoms with van der Waals surface area (Å²) >= 11 is 0. The second kappa shape index (κ2) is 7.53. The first kappa shape index (κ1) is 22.5. The molecule has 0 aromatic heterocycles. The van der Waals surface area contributed by atoms with E-state index in [4.69, 9.17) is 9.47 Å². The van der Waals surface area contributed by atoms with Crippen LogP contribution in [0.15, 0.2) is 60.2 Å². The fourth-order valence-electron chi connectivity index (χ4n) is 7.13. The largest absolute Gasteiger partial charge is 0.497 e. The molecule has 2 saturated heterocycles. The van der Waals surface area contributed by atoms with Gasteiger partial charge >= 0.3 is 0 Å². The van der Waals surface area contributed by atoms with E-state index in [1.807, 2.05) is 19.9 Å². The van der Waals surface area contributed by atoms with Crippen LogP contribution in [0.3, 0.4) is 0 Å². The molecule has 8 heteroatoms. The number of hydrogen-bond donors (Lipinski definition) is 0. The molecule has 2 aliphatic heterocycles. The molecule has 3 fully saturated rings. The van der Waals surface area contributed by atoms with Crippen molar-refractivity contribution in [2.75, 3.05) is 24.0 Å². The summed E-state index contributed by atoms with van der Waals surface area (Å²) in [6, 6.07) is 13.5. The highest BCUT2D eigenvalue weighted by Gasteiger charge is 2.74. The lowest BCUT2D eigenvalue weighted by molar-refractivity contribution is -0.146. The third kappa shape index (κ3) is 2.69. The highest BCUT2D eigenvalue weighted by atomic mass is 16.5. The molecule has 2 bridgehead atoms. The van der Waals surface area contributed by atoms with Crippen LogP contribution in [0.4, 0.5) is 11.4 Å². The Bertz CT molecular complexity index is 1250. The molecule has 1 saturated carbocycles. The van der Waals surface area contributed by atoms with Crippen molar-refractivity contribution in [3.63, 3.8) is 0 Å². The summed E-state index contributed by atoms with van der Waals surface area (Å²) in [7, 11) is 3.09. The predicted octanol–water partition coefficient (Wildman–Crippen LogP) is 3.21. The summed E-state index contributed by atoms with van der Waals surface area (Å²) in [6.45, 7) is 3.75. The first-order valence-corrected chi connectivity index (χ1v) is 12.0. The Labute approximate surface area is 208 Å². The molecule has 8 nitrogen and oxygen atoms in total. The average molecular weight is 487 g/mol. The van der Waals surface area contributed by atoms with Gasteiger partial charge in [-0.15, -0.1) is 0 Å². The van der Waals surface area contributed by atoms with Crippen LogP contribution >= 0.6 is 0 Å². The van der Waals surface area contributed by atoms with Crippen molar-refractivity contribution in [2.45, 2.75) is 13.8 Å². The van der Waals surface area contributed by atoms with Crippen LogP contribution in [0.5, 0.6) is 11.5 Å². The monoisotopic (exact) mass is 486 g/mol. The molecule has 2 aromatic carbocycles. The normalized spacial score (nSPS) is 32.6. The van der Waals surface area contributed by atoms with Gasteiger partial charge in [0.05, 0.1) is 49.3 Å². The smallest absolute Gasteiger partial charge is 0.238 e. The zero-order chi connectivity index (χ0) is 25.5. The molecule has 36 heavy (non-hydrogen) atoms. The number of carbonyl (C=O) groups is 4. The molecule has 5 aliphatic rings. The fourth-order valence-corrected chi connectivity index (χ4v) is 7.13. The molecule has 2 aromatic rings. The molecule has 6 atom stereocenters. The van der Waals surface area contributed by atoms with Gasteiger partial charge in [0.1, 0.15) is 11.5 Å². The quantitative estimate of drug-likeness (QED) is 0.487. The Morgan fingerprint density at radius 3 is 1.39 bits per heavy atom. The number of rotatable bonds is 4. The molecule has 7 rings (SSSR count). The SMILES string of the molecule is COc1ccc(N2C(=O)[C@@H]3C4C(C)=CC(C)([C@@H]3C2=O)[C@H]2C(=O)N(c3ccc(OC)cc3)C(=O)[C@@H]42)cc1. The van der Waals surface area contributed by atoms with Crippen molar-refractivity contribution in [3.8, 4) is 11.5 Å². The third-order valence-electron chi connectivity index (χ3n) is 8.54. The van der Waals surface area contributed by atoms with Gasteiger partial charge in [-0.3, -0.25) is 29.0 Å². The number of anilines is 2. The summed E-state index contributed by atoms with van der Waals surface area (Å²) in [5.41, 5.74) is 0.846. The van der Waals surface area contributed by atoms with Crippen molar-refractivity contribution in [2.24, 2.45) is 35.0 Å². The van der Waals surface area contributed by atoms with Crippen molar-refractivity contribution < 1.29 is 28.7 Å². The van der Waals surface area contributed by atoms with Crippen LogP contribution in [0.2, 0.25) is 0 Å². The van der Waals surface area contributed by atoms with E-state index in [0.717, 1.165) is 5.57 Å². The maximum Gasteiger partial charge on any atom is 0.238 e. The van der Waals surface area contributed by atoms with Crippen LogP contribution in [0.1, 0.15) is 13.8 Å². The minimum absolute atomic E-state index is 0.319. The summed E-state index contributed by atoms with van der Waals surface area (Å²) in [6.07, 6.45) is 1.96. The number of amides is 4. The van der Waals surface area contributed by atoms with Gasteiger partial charge in [-0.2, -0.15) is 0 Å². The van der Waals surface area contributed by atoms with Crippen molar-refractivity contribution in [1.29, 1.82) is 0 Å². The first-order chi connectivity index (χ1) is 17.2. The van der Waals surface area contributed by atoms with E-state index in [1.165, 1.54) is 9.80 Å². The van der Waals surface area contributed by atoms with Gasteiger partial charge in [-0.1, -0.05) is 18.6 Å². The molecule has 0 N–H and O–H groups in total. The van der Waals surface area contributed by atoms with Crippen LogP contribution in [0, 0.1) is 35.0 Å². The maximum atomic E-state index is 13.8. The maximum absolute atomic E-state index is 13.8. The lowest BCUT2D eigenvalue weighted by Gasteiger charge is -2.53. The van der Waals surface area contributed by atoms with Crippen molar-refractivity contribution >= 4 is 35.0 Å². The molecule has 0 radical (unpaired) electrons. The number of hydrogen-bond acceptors (Lipinski definition) is 6. The standard InChI is InChI=1S/C28H26N2O6/c1-14-13-28(2)22-20(24(31)29(26(22)33)15-5-9-17(35-3)10-6-15)19(14)21-23(28)27(34)30(25(21)32)16-7-11-18(36-4)12-8-16/h5-13,19-23H,1-4H3/t19?,20-,21+,22+,23-,28?. The van der Waals surface area contributed by atoms with Gasteiger partial charge in [0.2, 0.25) is 23.6 Å². The Kier molecular flexibility index (Phi) is 4.71.